The first-order chi connectivity index (χ1) is 8.63. The van der Waals surface area contributed by atoms with Gasteiger partial charge in [-0.05, 0) is 32.4 Å². The quantitative estimate of drug-likeness (QED) is 0.804. The lowest BCUT2D eigenvalue weighted by Crippen LogP contribution is -2.55. The summed E-state index contributed by atoms with van der Waals surface area (Å²) in [5, 5.41) is 3.25. The van der Waals surface area contributed by atoms with E-state index in [4.69, 9.17) is 0 Å². The molecule has 0 saturated carbocycles. The largest absolute Gasteiger partial charge is 0.340 e. The zero-order chi connectivity index (χ0) is 13.1. The summed E-state index contributed by atoms with van der Waals surface area (Å²) in [4.78, 5) is 16.9. The number of nitrogens with one attached hydrogen (secondary N) is 1. The molecule has 104 valence electrons. The summed E-state index contributed by atoms with van der Waals surface area (Å²) in [7, 11) is 0. The highest BCUT2D eigenvalue weighted by molar-refractivity contribution is 5.79. The number of amides is 1. The second-order valence-corrected chi connectivity index (χ2v) is 5.83. The Labute approximate surface area is 111 Å². The summed E-state index contributed by atoms with van der Waals surface area (Å²) in [6.07, 6.45) is 1.19. The van der Waals surface area contributed by atoms with Crippen molar-refractivity contribution in [2.75, 3.05) is 39.3 Å². The molecule has 18 heavy (non-hydrogen) atoms. The predicted molar refractivity (Wildman–Crippen MR) is 73.4 cm³/mol. The van der Waals surface area contributed by atoms with Crippen LogP contribution in [0.15, 0.2) is 0 Å². The molecule has 1 amide bonds. The number of rotatable bonds is 4. The van der Waals surface area contributed by atoms with Crippen molar-refractivity contribution in [1.29, 1.82) is 0 Å². The van der Waals surface area contributed by atoms with Gasteiger partial charge in [-0.25, -0.2) is 0 Å². The average molecular weight is 253 g/mol. The highest BCUT2D eigenvalue weighted by atomic mass is 16.2. The molecule has 2 heterocycles. The van der Waals surface area contributed by atoms with E-state index in [1.54, 1.807) is 0 Å². The average Bonchev–Trinajstić information content (AvgIpc) is 2.35. The van der Waals surface area contributed by atoms with E-state index in [0.717, 1.165) is 39.3 Å². The molecule has 4 nitrogen and oxygen atoms in total. The van der Waals surface area contributed by atoms with Gasteiger partial charge in [-0.1, -0.05) is 13.8 Å². The molecule has 0 aromatic carbocycles. The van der Waals surface area contributed by atoms with Gasteiger partial charge in [0.25, 0.3) is 0 Å². The van der Waals surface area contributed by atoms with Crippen LogP contribution in [0.25, 0.3) is 0 Å². The molecular weight excluding hydrogens is 226 g/mol. The molecule has 2 aliphatic heterocycles. The van der Waals surface area contributed by atoms with Gasteiger partial charge in [0.2, 0.25) is 5.91 Å². The minimum atomic E-state index is 0.196. The van der Waals surface area contributed by atoms with Crippen LogP contribution in [0.3, 0.4) is 0 Å². The summed E-state index contributed by atoms with van der Waals surface area (Å²) in [6, 6.07) is 0.649. The van der Waals surface area contributed by atoms with Crippen LogP contribution >= 0.6 is 0 Å². The van der Waals surface area contributed by atoms with Crippen molar-refractivity contribution in [3.05, 3.63) is 0 Å². The zero-order valence-corrected chi connectivity index (χ0v) is 12.0. The summed E-state index contributed by atoms with van der Waals surface area (Å²) in [5.41, 5.74) is 0. The van der Waals surface area contributed by atoms with E-state index in [-0.39, 0.29) is 5.92 Å². The summed E-state index contributed by atoms with van der Waals surface area (Å²) >= 11 is 0. The Morgan fingerprint density at radius 1 is 1.22 bits per heavy atom. The number of nitrogens with zero attached hydrogens (tertiary/aromatic N) is 2. The van der Waals surface area contributed by atoms with E-state index in [2.05, 4.69) is 35.9 Å². The van der Waals surface area contributed by atoms with E-state index in [1.165, 1.54) is 6.42 Å². The van der Waals surface area contributed by atoms with Crippen molar-refractivity contribution in [3.63, 3.8) is 0 Å². The van der Waals surface area contributed by atoms with E-state index < -0.39 is 0 Å². The molecular formula is C14H27N3O. The third-order valence-corrected chi connectivity index (χ3v) is 4.75. The predicted octanol–water partition coefficient (Wildman–Crippen LogP) is 0.785. The van der Waals surface area contributed by atoms with Gasteiger partial charge in [-0.15, -0.1) is 0 Å². The maximum Gasteiger partial charge on any atom is 0.225 e. The number of hydrogen-bond donors (Lipinski definition) is 1. The van der Waals surface area contributed by atoms with Crippen LogP contribution in [0.4, 0.5) is 0 Å². The first kappa shape index (κ1) is 13.8. The Morgan fingerprint density at radius 2 is 1.83 bits per heavy atom. The summed E-state index contributed by atoms with van der Waals surface area (Å²) < 4.78 is 0. The van der Waals surface area contributed by atoms with Crippen LogP contribution < -0.4 is 5.32 Å². The molecule has 1 N–H and O–H groups in total. The molecule has 0 aliphatic carbocycles. The molecule has 0 aromatic heterocycles. The van der Waals surface area contributed by atoms with Crippen LogP contribution in [0, 0.1) is 11.8 Å². The maximum absolute atomic E-state index is 12.4. The lowest BCUT2D eigenvalue weighted by atomic mass is 9.88. The lowest BCUT2D eigenvalue weighted by molar-refractivity contribution is -0.139. The van der Waals surface area contributed by atoms with Crippen LogP contribution in [-0.4, -0.2) is 61.0 Å². The van der Waals surface area contributed by atoms with Crippen molar-refractivity contribution < 1.29 is 4.79 Å². The van der Waals surface area contributed by atoms with Gasteiger partial charge in [-0.2, -0.15) is 0 Å². The fourth-order valence-electron chi connectivity index (χ4n) is 2.80. The van der Waals surface area contributed by atoms with Crippen molar-refractivity contribution >= 4 is 5.91 Å². The van der Waals surface area contributed by atoms with Crippen LogP contribution in [0.1, 0.15) is 27.2 Å². The third kappa shape index (κ3) is 2.86. The van der Waals surface area contributed by atoms with Crippen molar-refractivity contribution in [2.45, 2.75) is 33.2 Å². The smallest absolute Gasteiger partial charge is 0.225 e. The Hall–Kier alpha value is -0.610. The zero-order valence-electron chi connectivity index (χ0n) is 12.0. The van der Waals surface area contributed by atoms with E-state index >= 15 is 0 Å². The minimum Gasteiger partial charge on any atom is -0.340 e. The third-order valence-electron chi connectivity index (χ3n) is 4.75. The molecule has 2 aliphatic rings. The Morgan fingerprint density at radius 3 is 2.28 bits per heavy atom. The molecule has 2 atom stereocenters. The first-order valence-corrected chi connectivity index (χ1v) is 7.37. The first-order valence-electron chi connectivity index (χ1n) is 7.37. The van der Waals surface area contributed by atoms with Crippen LogP contribution in [0.2, 0.25) is 0 Å². The van der Waals surface area contributed by atoms with Gasteiger partial charge in [-0.3, -0.25) is 9.69 Å². The monoisotopic (exact) mass is 253 g/mol. The highest BCUT2D eigenvalue weighted by Gasteiger charge is 2.33. The molecule has 0 radical (unpaired) electrons. The van der Waals surface area contributed by atoms with Crippen LogP contribution in [0.5, 0.6) is 0 Å². The van der Waals surface area contributed by atoms with E-state index in [0.29, 0.717) is 17.9 Å². The number of carbonyl (C=O) groups is 1. The molecule has 0 spiro atoms. The van der Waals surface area contributed by atoms with E-state index in [9.17, 15) is 4.79 Å². The maximum atomic E-state index is 12.4. The second-order valence-electron chi connectivity index (χ2n) is 5.83. The van der Waals surface area contributed by atoms with Gasteiger partial charge in [0.15, 0.2) is 0 Å². The Bertz CT molecular complexity index is 283. The van der Waals surface area contributed by atoms with Crippen molar-refractivity contribution in [3.8, 4) is 0 Å². The van der Waals surface area contributed by atoms with Gasteiger partial charge in [0.1, 0.15) is 0 Å². The number of carbonyl (C=O) groups excluding carboxylic acids is 1. The molecule has 0 bridgehead atoms. The van der Waals surface area contributed by atoms with Crippen LogP contribution in [-0.2, 0) is 4.79 Å². The Balaban J connectivity index is 1.79. The molecule has 2 rings (SSSR count). The topological polar surface area (TPSA) is 35.6 Å². The van der Waals surface area contributed by atoms with Gasteiger partial charge in [0, 0.05) is 38.1 Å². The number of hydrogen-bond acceptors (Lipinski definition) is 3. The molecule has 0 aromatic rings. The van der Waals surface area contributed by atoms with Gasteiger partial charge in [0.05, 0.1) is 0 Å². The molecule has 2 unspecified atom stereocenters. The fourth-order valence-corrected chi connectivity index (χ4v) is 2.80. The Kier molecular flexibility index (Phi) is 4.62. The van der Waals surface area contributed by atoms with Crippen molar-refractivity contribution in [2.24, 2.45) is 11.8 Å². The lowest BCUT2D eigenvalue weighted by Gasteiger charge is -2.40. The second kappa shape index (κ2) is 6.02. The number of piperazine rings is 1. The van der Waals surface area contributed by atoms with Crippen molar-refractivity contribution in [1.82, 2.24) is 15.1 Å². The summed E-state index contributed by atoms with van der Waals surface area (Å²) in [6.45, 7) is 12.5. The molecule has 2 saturated heterocycles. The normalized spacial score (nSPS) is 25.6. The minimum absolute atomic E-state index is 0.196. The van der Waals surface area contributed by atoms with Gasteiger partial charge < -0.3 is 10.2 Å². The highest BCUT2D eigenvalue weighted by Crippen LogP contribution is 2.19. The fraction of sp³-hybridized carbons (Fsp3) is 0.929. The molecule has 4 heteroatoms. The molecule has 2 fully saturated rings. The van der Waals surface area contributed by atoms with Gasteiger partial charge >= 0.3 is 0 Å². The SMILES string of the molecule is CCC(C)N1CCN(C(=O)C(C)C2CNC2)CC1. The standard InChI is InChI=1S/C14H27N3O/c1-4-11(2)16-5-7-17(8-6-16)14(18)12(3)13-9-15-10-13/h11-13,15H,4-10H2,1-3H3. The van der Waals surface area contributed by atoms with E-state index in [1.807, 2.05) is 0 Å². The summed E-state index contributed by atoms with van der Waals surface area (Å²) in [5.74, 6) is 1.12.